The SMILES string of the molecule is O=C(c1noc2c1CCCC2)N1C[C@H]2c3ccccc3OC[C@@]2(CO)C1. The average molecular weight is 354 g/mol. The summed E-state index contributed by atoms with van der Waals surface area (Å²) in [6.45, 7) is 1.46. The van der Waals surface area contributed by atoms with Crippen LogP contribution in [0.25, 0.3) is 0 Å². The fraction of sp³-hybridized carbons (Fsp3) is 0.500. The highest BCUT2D eigenvalue weighted by atomic mass is 16.5. The zero-order valence-electron chi connectivity index (χ0n) is 14.6. The molecule has 0 bridgehead atoms. The number of carbonyl (C=O) groups excluding carboxylic acids is 1. The Balaban J connectivity index is 1.47. The largest absolute Gasteiger partial charge is 0.493 e. The topological polar surface area (TPSA) is 75.8 Å². The first-order valence-electron chi connectivity index (χ1n) is 9.31. The third-order valence-electron chi connectivity index (χ3n) is 6.21. The van der Waals surface area contributed by atoms with Gasteiger partial charge in [0.1, 0.15) is 11.5 Å². The molecule has 5 rings (SSSR count). The quantitative estimate of drug-likeness (QED) is 0.894. The Labute approximate surface area is 151 Å². The second-order valence-corrected chi connectivity index (χ2v) is 7.73. The van der Waals surface area contributed by atoms with E-state index in [0.29, 0.717) is 25.4 Å². The number of aryl methyl sites for hydroxylation is 1. The van der Waals surface area contributed by atoms with Crippen LogP contribution < -0.4 is 4.74 Å². The number of carbonyl (C=O) groups is 1. The summed E-state index contributed by atoms with van der Waals surface area (Å²) in [5.74, 6) is 1.71. The number of hydrogen-bond donors (Lipinski definition) is 1. The third kappa shape index (κ3) is 2.21. The van der Waals surface area contributed by atoms with E-state index in [2.05, 4.69) is 5.16 Å². The molecule has 1 aromatic heterocycles. The summed E-state index contributed by atoms with van der Waals surface area (Å²) < 4.78 is 11.3. The van der Waals surface area contributed by atoms with E-state index in [0.717, 1.165) is 48.3 Å². The number of nitrogens with zero attached hydrogens (tertiary/aromatic N) is 2. The summed E-state index contributed by atoms with van der Waals surface area (Å²) in [4.78, 5) is 15.0. The highest BCUT2D eigenvalue weighted by Gasteiger charge is 2.52. The number of fused-ring (bicyclic) bond motifs is 4. The predicted molar refractivity (Wildman–Crippen MR) is 93.2 cm³/mol. The van der Waals surface area contributed by atoms with Gasteiger partial charge in [-0.1, -0.05) is 23.4 Å². The molecule has 1 fully saturated rings. The first-order valence-corrected chi connectivity index (χ1v) is 9.31. The van der Waals surface area contributed by atoms with Crippen molar-refractivity contribution in [2.45, 2.75) is 31.6 Å². The predicted octanol–water partition coefficient (Wildman–Crippen LogP) is 2.16. The normalized spacial score (nSPS) is 26.7. The maximum absolute atomic E-state index is 13.2. The minimum Gasteiger partial charge on any atom is -0.493 e. The number of hydrogen-bond acceptors (Lipinski definition) is 5. The lowest BCUT2D eigenvalue weighted by atomic mass is 9.74. The highest BCUT2D eigenvalue weighted by Crippen LogP contribution is 2.49. The molecule has 2 aromatic rings. The number of amides is 1. The van der Waals surface area contributed by atoms with Gasteiger partial charge in [0.15, 0.2) is 5.69 Å². The van der Waals surface area contributed by atoms with E-state index in [1.54, 1.807) is 0 Å². The molecule has 3 heterocycles. The summed E-state index contributed by atoms with van der Waals surface area (Å²) in [7, 11) is 0. The Kier molecular flexibility index (Phi) is 3.57. The number of aliphatic hydroxyl groups excluding tert-OH is 1. The van der Waals surface area contributed by atoms with E-state index in [9.17, 15) is 9.90 Å². The van der Waals surface area contributed by atoms with Crippen LogP contribution in [0.4, 0.5) is 0 Å². The Bertz CT molecular complexity index is 861. The van der Waals surface area contributed by atoms with Gasteiger partial charge in [-0.2, -0.15) is 0 Å². The number of rotatable bonds is 2. The smallest absolute Gasteiger partial charge is 0.276 e. The molecule has 0 radical (unpaired) electrons. The van der Waals surface area contributed by atoms with Crippen molar-refractivity contribution >= 4 is 5.91 Å². The van der Waals surface area contributed by atoms with Gasteiger partial charge in [-0.15, -0.1) is 0 Å². The van der Waals surface area contributed by atoms with Crippen LogP contribution in [0.3, 0.4) is 0 Å². The average Bonchev–Trinajstić information content (AvgIpc) is 3.30. The van der Waals surface area contributed by atoms with E-state index in [4.69, 9.17) is 9.26 Å². The van der Waals surface area contributed by atoms with E-state index >= 15 is 0 Å². The van der Waals surface area contributed by atoms with Gasteiger partial charge in [0.25, 0.3) is 5.91 Å². The molecular formula is C20H22N2O4. The fourth-order valence-electron chi connectivity index (χ4n) is 4.73. The third-order valence-corrected chi connectivity index (χ3v) is 6.21. The molecule has 6 heteroatoms. The number of aliphatic hydroxyl groups is 1. The summed E-state index contributed by atoms with van der Waals surface area (Å²) >= 11 is 0. The van der Waals surface area contributed by atoms with Gasteiger partial charge >= 0.3 is 0 Å². The fourth-order valence-corrected chi connectivity index (χ4v) is 4.73. The second kappa shape index (κ2) is 5.84. The summed E-state index contributed by atoms with van der Waals surface area (Å²) in [6, 6.07) is 7.92. The van der Waals surface area contributed by atoms with Gasteiger partial charge in [-0.05, 0) is 30.9 Å². The van der Waals surface area contributed by atoms with Crippen LogP contribution in [-0.4, -0.2) is 47.4 Å². The van der Waals surface area contributed by atoms with Crippen molar-refractivity contribution in [2.75, 3.05) is 26.3 Å². The maximum atomic E-state index is 13.2. The van der Waals surface area contributed by atoms with Crippen LogP contribution in [0.5, 0.6) is 5.75 Å². The standard InChI is InChI=1S/C20H22N2O4/c23-11-20-10-22(9-15(20)13-5-1-3-7-16(13)25-12-20)19(24)18-14-6-2-4-8-17(14)26-21-18/h1,3,5,7,15,23H,2,4,6,8-12H2/t15-,20-/m0/s1. The van der Waals surface area contributed by atoms with Crippen molar-refractivity contribution in [3.8, 4) is 5.75 Å². The van der Waals surface area contributed by atoms with Crippen LogP contribution >= 0.6 is 0 Å². The zero-order chi connectivity index (χ0) is 17.7. The minimum atomic E-state index is -0.451. The van der Waals surface area contributed by atoms with Crippen molar-refractivity contribution in [2.24, 2.45) is 5.41 Å². The summed E-state index contributed by atoms with van der Waals surface area (Å²) in [6.07, 6.45) is 3.87. The molecule has 26 heavy (non-hydrogen) atoms. The van der Waals surface area contributed by atoms with Crippen molar-refractivity contribution in [3.05, 3.63) is 46.8 Å². The molecule has 2 atom stereocenters. The van der Waals surface area contributed by atoms with Crippen molar-refractivity contribution in [1.29, 1.82) is 0 Å². The summed E-state index contributed by atoms with van der Waals surface area (Å²) in [5, 5.41) is 14.2. The Morgan fingerprint density at radius 2 is 2.15 bits per heavy atom. The molecule has 1 saturated heterocycles. The maximum Gasteiger partial charge on any atom is 0.276 e. The minimum absolute atomic E-state index is 0.00724. The Morgan fingerprint density at radius 3 is 3.04 bits per heavy atom. The number of likely N-dealkylation sites (tertiary alicyclic amines) is 1. The molecule has 136 valence electrons. The van der Waals surface area contributed by atoms with Crippen LogP contribution in [0.2, 0.25) is 0 Å². The Hall–Kier alpha value is -2.34. The first kappa shape index (κ1) is 15.9. The molecule has 1 aliphatic carbocycles. The van der Waals surface area contributed by atoms with E-state index in [1.807, 2.05) is 29.2 Å². The Morgan fingerprint density at radius 1 is 1.31 bits per heavy atom. The molecular weight excluding hydrogens is 332 g/mol. The number of para-hydroxylation sites is 1. The molecule has 1 N–H and O–H groups in total. The monoisotopic (exact) mass is 354 g/mol. The van der Waals surface area contributed by atoms with Crippen LogP contribution in [0, 0.1) is 5.41 Å². The van der Waals surface area contributed by atoms with Crippen molar-refractivity contribution in [1.82, 2.24) is 10.1 Å². The van der Waals surface area contributed by atoms with E-state index < -0.39 is 5.41 Å². The number of benzene rings is 1. The van der Waals surface area contributed by atoms with Gasteiger partial charge in [-0.25, -0.2) is 0 Å². The number of aromatic nitrogens is 1. The van der Waals surface area contributed by atoms with Gasteiger partial charge in [0.2, 0.25) is 0 Å². The van der Waals surface area contributed by atoms with E-state index in [-0.39, 0.29) is 18.4 Å². The second-order valence-electron chi connectivity index (χ2n) is 7.73. The molecule has 0 saturated carbocycles. The van der Waals surface area contributed by atoms with Crippen molar-refractivity contribution < 1.29 is 19.2 Å². The lowest BCUT2D eigenvalue weighted by molar-refractivity contribution is 0.0438. The van der Waals surface area contributed by atoms with Crippen LogP contribution in [0.1, 0.15) is 46.1 Å². The lowest BCUT2D eigenvalue weighted by Crippen LogP contribution is -2.42. The first-order chi connectivity index (χ1) is 12.7. The number of ether oxygens (including phenoxy) is 1. The molecule has 6 nitrogen and oxygen atoms in total. The van der Waals surface area contributed by atoms with Gasteiger partial charge < -0.3 is 19.3 Å². The van der Waals surface area contributed by atoms with Gasteiger partial charge in [0.05, 0.1) is 18.6 Å². The molecule has 3 aliphatic rings. The molecule has 0 spiro atoms. The van der Waals surface area contributed by atoms with Crippen LogP contribution in [0.15, 0.2) is 28.8 Å². The van der Waals surface area contributed by atoms with E-state index in [1.165, 1.54) is 0 Å². The molecule has 0 unspecified atom stereocenters. The lowest BCUT2D eigenvalue weighted by Gasteiger charge is -2.37. The summed E-state index contributed by atoms with van der Waals surface area (Å²) in [5.41, 5.74) is 2.06. The van der Waals surface area contributed by atoms with Crippen LogP contribution in [-0.2, 0) is 12.8 Å². The van der Waals surface area contributed by atoms with Gasteiger partial charge in [0, 0.05) is 31.0 Å². The zero-order valence-corrected chi connectivity index (χ0v) is 14.6. The molecule has 1 amide bonds. The van der Waals surface area contributed by atoms with Crippen molar-refractivity contribution in [3.63, 3.8) is 0 Å². The van der Waals surface area contributed by atoms with Gasteiger partial charge in [-0.3, -0.25) is 4.79 Å². The molecule has 2 aliphatic heterocycles. The molecule has 1 aromatic carbocycles. The highest BCUT2D eigenvalue weighted by molar-refractivity contribution is 5.94.